The number of ether oxygens (including phenoxy) is 1. The van der Waals surface area contributed by atoms with Crippen molar-refractivity contribution in [1.29, 1.82) is 0 Å². The van der Waals surface area contributed by atoms with Crippen LogP contribution in [0.15, 0.2) is 48.6 Å². The molecule has 11 nitrogen and oxygen atoms in total. The number of amides is 1. The third kappa shape index (κ3) is 32.4. The number of unbranched alkanes of at least 4 members (excludes halogenated alkanes) is 11. The van der Waals surface area contributed by atoms with Crippen molar-refractivity contribution in [2.45, 2.75) is 148 Å². The minimum atomic E-state index is -4.75. The second-order valence-electron chi connectivity index (χ2n) is 12.0. The van der Waals surface area contributed by atoms with Crippen molar-refractivity contribution in [3.05, 3.63) is 48.6 Å². The first-order valence-electron chi connectivity index (χ1n) is 18.2. The molecule has 0 aromatic rings. The molecule has 0 aromatic carbocycles. The molecule has 1 amide bonds. The largest absolute Gasteiger partial charge is 0.480 e. The second-order valence-corrected chi connectivity index (χ2v) is 13.5. The summed E-state index contributed by atoms with van der Waals surface area (Å²) in [6.07, 6.45) is 33.0. The van der Waals surface area contributed by atoms with Gasteiger partial charge in [0.1, 0.15) is 12.7 Å². The van der Waals surface area contributed by atoms with E-state index in [1.807, 2.05) is 0 Å². The van der Waals surface area contributed by atoms with Crippen molar-refractivity contribution in [2.75, 3.05) is 19.8 Å². The van der Waals surface area contributed by atoms with Gasteiger partial charge in [-0.2, -0.15) is 0 Å². The summed E-state index contributed by atoms with van der Waals surface area (Å²) < 4.78 is 26.6. The molecular weight excluding hydrogens is 649 g/mol. The minimum absolute atomic E-state index is 0.132. The maximum absolute atomic E-state index is 12.2. The molecule has 0 fully saturated rings. The highest BCUT2D eigenvalue weighted by Crippen LogP contribution is 2.43. The number of carboxylic acid groups (broad SMARTS) is 1. The van der Waals surface area contributed by atoms with Crippen LogP contribution in [0.25, 0.3) is 0 Å². The van der Waals surface area contributed by atoms with Crippen molar-refractivity contribution < 1.29 is 47.8 Å². The highest BCUT2D eigenvalue weighted by atomic mass is 31.2. The molecule has 3 atom stereocenters. The molecule has 0 aromatic heterocycles. The van der Waals surface area contributed by atoms with E-state index in [9.17, 15) is 34.1 Å². The quantitative estimate of drug-likeness (QED) is 0.0225. The van der Waals surface area contributed by atoms with Crippen LogP contribution in [0.2, 0.25) is 0 Å². The van der Waals surface area contributed by atoms with E-state index in [0.29, 0.717) is 12.8 Å². The van der Waals surface area contributed by atoms with Crippen LogP contribution in [-0.4, -0.2) is 64.9 Å². The second kappa shape index (κ2) is 32.6. The summed E-state index contributed by atoms with van der Waals surface area (Å²) in [6.45, 7) is 2.34. The number of phosphoric acid groups is 1. The predicted molar refractivity (Wildman–Crippen MR) is 194 cm³/mol. The number of carbonyl (C=O) groups is 3. The molecule has 0 saturated carbocycles. The number of aliphatic carboxylic acids is 1. The fraction of sp³-hybridized carbons (Fsp3) is 0.703. The molecule has 3 unspecified atom stereocenters. The van der Waals surface area contributed by atoms with Crippen LogP contribution in [0.3, 0.4) is 0 Å². The Bertz CT molecular complexity index is 1030. The Labute approximate surface area is 294 Å². The van der Waals surface area contributed by atoms with E-state index in [1.165, 1.54) is 0 Å². The molecule has 0 rings (SSSR count). The first-order chi connectivity index (χ1) is 23.6. The molecular formula is C37H64NO10P. The number of carbonyl (C=O) groups excluding carboxylic acids is 2. The van der Waals surface area contributed by atoms with Gasteiger partial charge in [0, 0.05) is 12.8 Å². The molecule has 49 heavy (non-hydrogen) atoms. The van der Waals surface area contributed by atoms with Gasteiger partial charge in [-0.25, -0.2) is 9.36 Å². The van der Waals surface area contributed by atoms with E-state index in [1.54, 1.807) is 0 Å². The van der Waals surface area contributed by atoms with Crippen molar-refractivity contribution in [2.24, 2.45) is 0 Å². The fourth-order valence-corrected chi connectivity index (χ4v) is 5.28. The van der Waals surface area contributed by atoms with E-state index in [2.05, 4.69) is 67.8 Å². The molecule has 282 valence electrons. The topological polar surface area (TPSA) is 169 Å². The maximum Gasteiger partial charge on any atom is 0.472 e. The lowest BCUT2D eigenvalue weighted by Crippen LogP contribution is -2.43. The van der Waals surface area contributed by atoms with Crippen LogP contribution < -0.4 is 5.32 Å². The number of carboxylic acids is 1. The van der Waals surface area contributed by atoms with Gasteiger partial charge in [-0.05, 0) is 64.2 Å². The van der Waals surface area contributed by atoms with Crippen LogP contribution in [0.1, 0.15) is 136 Å². The zero-order valence-corrected chi connectivity index (χ0v) is 30.9. The number of esters is 1. The maximum atomic E-state index is 12.2. The minimum Gasteiger partial charge on any atom is -0.480 e. The number of rotatable bonds is 33. The lowest BCUT2D eigenvalue weighted by atomic mass is 10.1. The van der Waals surface area contributed by atoms with E-state index in [4.69, 9.17) is 13.8 Å². The molecule has 12 heteroatoms. The number of aliphatic hydroxyl groups is 1. The zero-order chi connectivity index (χ0) is 36.4. The molecule has 0 radical (unpaired) electrons. The molecule has 0 bridgehead atoms. The standard InChI is InChI=1S/C37H64NO10P/c1-3-5-7-9-11-13-15-16-17-18-19-21-23-25-27-29-36(41)46-30-33(39)31-47-49(44,45)48-32-34(37(42)43)38-35(40)28-26-24-22-20-14-12-10-8-6-4-2/h5,7-8,10-11,13,16-17,33-34,39H,3-4,6,9,12,14-15,18-32H2,1-2H3,(H,38,40)(H,42,43)(H,44,45)/b7-5-,10-8-,13-11-,17-16-. The van der Waals surface area contributed by atoms with Gasteiger partial charge in [-0.3, -0.25) is 18.6 Å². The Morgan fingerprint density at radius 2 is 1.18 bits per heavy atom. The van der Waals surface area contributed by atoms with Gasteiger partial charge in [-0.1, -0.05) is 107 Å². The number of phosphoric ester groups is 1. The Kier molecular flexibility index (Phi) is 30.9. The fourth-order valence-electron chi connectivity index (χ4n) is 4.51. The number of aliphatic hydroxyl groups excluding tert-OH is 1. The molecule has 0 saturated heterocycles. The van der Waals surface area contributed by atoms with Crippen LogP contribution >= 0.6 is 7.82 Å². The van der Waals surface area contributed by atoms with Crippen molar-refractivity contribution in [3.63, 3.8) is 0 Å². The highest BCUT2D eigenvalue weighted by Gasteiger charge is 2.28. The molecule has 0 aliphatic rings. The van der Waals surface area contributed by atoms with Gasteiger partial charge < -0.3 is 25.2 Å². The monoisotopic (exact) mass is 713 g/mol. The smallest absolute Gasteiger partial charge is 0.472 e. The number of nitrogens with one attached hydrogen (secondary N) is 1. The van der Waals surface area contributed by atoms with Crippen LogP contribution in [-0.2, 0) is 32.7 Å². The van der Waals surface area contributed by atoms with E-state index in [0.717, 1.165) is 96.3 Å². The van der Waals surface area contributed by atoms with E-state index < -0.39 is 57.6 Å². The molecule has 4 N–H and O–H groups in total. The first-order valence-corrected chi connectivity index (χ1v) is 19.7. The lowest BCUT2D eigenvalue weighted by Gasteiger charge is -2.18. The number of hydrogen-bond donors (Lipinski definition) is 4. The summed E-state index contributed by atoms with van der Waals surface area (Å²) >= 11 is 0. The van der Waals surface area contributed by atoms with Gasteiger partial charge in [0.2, 0.25) is 5.91 Å². The average Bonchev–Trinajstić information content (AvgIpc) is 3.07. The van der Waals surface area contributed by atoms with Crippen molar-refractivity contribution in [3.8, 4) is 0 Å². The molecule has 0 aliphatic heterocycles. The summed E-state index contributed by atoms with van der Waals surface area (Å²) in [7, 11) is -4.75. The van der Waals surface area contributed by atoms with Crippen molar-refractivity contribution in [1.82, 2.24) is 5.32 Å². The van der Waals surface area contributed by atoms with Crippen molar-refractivity contribution >= 4 is 25.7 Å². The van der Waals surface area contributed by atoms with Gasteiger partial charge in [0.05, 0.1) is 13.2 Å². The average molecular weight is 714 g/mol. The Morgan fingerprint density at radius 3 is 1.80 bits per heavy atom. The predicted octanol–water partition coefficient (Wildman–Crippen LogP) is 8.27. The normalized spacial score (nSPS) is 14.5. The summed E-state index contributed by atoms with van der Waals surface area (Å²) in [5.74, 6) is -2.42. The summed E-state index contributed by atoms with van der Waals surface area (Å²) in [5, 5.41) is 21.7. The Morgan fingerprint density at radius 1 is 0.673 bits per heavy atom. The highest BCUT2D eigenvalue weighted by molar-refractivity contribution is 7.47. The van der Waals surface area contributed by atoms with E-state index >= 15 is 0 Å². The van der Waals surface area contributed by atoms with Gasteiger partial charge in [0.25, 0.3) is 0 Å². The van der Waals surface area contributed by atoms with Crippen LogP contribution in [0.4, 0.5) is 0 Å². The molecule has 0 aliphatic carbocycles. The van der Waals surface area contributed by atoms with Gasteiger partial charge >= 0.3 is 19.8 Å². The summed E-state index contributed by atoms with van der Waals surface area (Å²) in [6, 6.07) is -1.55. The zero-order valence-electron chi connectivity index (χ0n) is 30.0. The van der Waals surface area contributed by atoms with Crippen LogP contribution in [0, 0.1) is 0 Å². The Balaban J connectivity index is 4.01. The third-order valence-electron chi connectivity index (χ3n) is 7.33. The van der Waals surface area contributed by atoms with Crippen LogP contribution in [0.5, 0.6) is 0 Å². The Hall–Kier alpha value is -2.56. The molecule has 0 spiro atoms. The van der Waals surface area contributed by atoms with Gasteiger partial charge in [-0.15, -0.1) is 0 Å². The molecule has 0 heterocycles. The number of allylic oxidation sites excluding steroid dienone is 8. The first kappa shape index (κ1) is 46.4. The van der Waals surface area contributed by atoms with Gasteiger partial charge in [0.15, 0.2) is 6.04 Å². The summed E-state index contributed by atoms with van der Waals surface area (Å²) in [5.41, 5.74) is 0. The SMILES string of the molecule is CC/C=C\C/C=C\C/C=C\CCCCCCCC(=O)OCC(O)COP(=O)(O)OCC(NC(=O)CCCCCCC/C=C\CCC)C(=O)O. The van der Waals surface area contributed by atoms with E-state index in [-0.39, 0.29) is 12.8 Å². The summed E-state index contributed by atoms with van der Waals surface area (Å²) in [4.78, 5) is 45.6. The lowest BCUT2D eigenvalue weighted by molar-refractivity contribution is -0.147. The third-order valence-corrected chi connectivity index (χ3v) is 8.28. The number of hydrogen-bond acceptors (Lipinski definition) is 8.